The van der Waals surface area contributed by atoms with Gasteiger partial charge < -0.3 is 4.90 Å². The van der Waals surface area contributed by atoms with Crippen molar-refractivity contribution in [1.82, 2.24) is 4.90 Å². The lowest BCUT2D eigenvalue weighted by atomic mass is 9.81. The van der Waals surface area contributed by atoms with Gasteiger partial charge in [-0.25, -0.2) is 4.39 Å². The van der Waals surface area contributed by atoms with Gasteiger partial charge in [0.1, 0.15) is 5.82 Å². The van der Waals surface area contributed by atoms with Gasteiger partial charge in [-0.15, -0.1) is 0 Å². The van der Waals surface area contributed by atoms with Crippen molar-refractivity contribution >= 4 is 17.7 Å². The van der Waals surface area contributed by atoms with E-state index in [1.807, 2.05) is 30.3 Å². The van der Waals surface area contributed by atoms with E-state index in [2.05, 4.69) is 45.0 Å². The fraction of sp³-hybridized carbons (Fsp3) is 0.333. The van der Waals surface area contributed by atoms with E-state index in [1.54, 1.807) is 0 Å². The van der Waals surface area contributed by atoms with Crippen LogP contribution in [0.4, 0.5) is 4.39 Å². The van der Waals surface area contributed by atoms with Gasteiger partial charge in [0.15, 0.2) is 0 Å². The molecule has 0 bridgehead atoms. The summed E-state index contributed by atoms with van der Waals surface area (Å²) in [7, 11) is 4.18. The summed E-state index contributed by atoms with van der Waals surface area (Å²) >= 11 is 6.21. The van der Waals surface area contributed by atoms with Crippen molar-refractivity contribution in [3.63, 3.8) is 0 Å². The third kappa shape index (κ3) is 5.19. The lowest BCUT2D eigenvalue weighted by Crippen LogP contribution is -2.25. The molecular formula is C21H25ClFN. The third-order valence-corrected chi connectivity index (χ3v) is 4.42. The van der Waals surface area contributed by atoms with Gasteiger partial charge in [0.05, 0.1) is 0 Å². The molecule has 0 aliphatic carbocycles. The van der Waals surface area contributed by atoms with Crippen LogP contribution in [0.1, 0.15) is 30.9 Å². The van der Waals surface area contributed by atoms with Crippen molar-refractivity contribution in [1.29, 1.82) is 0 Å². The first kappa shape index (κ1) is 18.7. The maximum absolute atomic E-state index is 13.1. The average Bonchev–Trinajstić information content (AvgIpc) is 2.49. The number of nitrogens with zero attached hydrogens (tertiary/aromatic N) is 1. The number of hydrogen-bond donors (Lipinski definition) is 0. The molecular weight excluding hydrogens is 321 g/mol. The van der Waals surface area contributed by atoms with Gasteiger partial charge in [-0.2, -0.15) is 0 Å². The molecule has 0 radical (unpaired) electrons. The SMILES string of the molecule is CC(=Cc1ccc(F)cc1)C(c1cccc(Cl)c1)C(C)CN(C)C. The molecule has 1 nitrogen and oxygen atoms in total. The Balaban J connectivity index is 2.38. The molecule has 0 aromatic heterocycles. The highest BCUT2D eigenvalue weighted by Gasteiger charge is 2.22. The summed E-state index contributed by atoms with van der Waals surface area (Å²) in [6, 6.07) is 14.7. The second kappa shape index (κ2) is 8.46. The Labute approximate surface area is 149 Å². The zero-order chi connectivity index (χ0) is 17.7. The molecule has 128 valence electrons. The summed E-state index contributed by atoms with van der Waals surface area (Å²) < 4.78 is 13.1. The highest BCUT2D eigenvalue weighted by molar-refractivity contribution is 6.30. The van der Waals surface area contributed by atoms with Gasteiger partial charge >= 0.3 is 0 Å². The molecule has 0 aliphatic heterocycles. The summed E-state index contributed by atoms with van der Waals surface area (Å²) in [5.74, 6) is 0.475. The van der Waals surface area contributed by atoms with Crippen molar-refractivity contribution in [3.05, 3.63) is 76.1 Å². The van der Waals surface area contributed by atoms with Crippen molar-refractivity contribution in [2.45, 2.75) is 19.8 Å². The van der Waals surface area contributed by atoms with E-state index in [9.17, 15) is 4.39 Å². The molecule has 0 saturated carbocycles. The number of hydrogen-bond acceptors (Lipinski definition) is 1. The van der Waals surface area contributed by atoms with Gasteiger partial charge in [-0.1, -0.05) is 54.4 Å². The van der Waals surface area contributed by atoms with Crippen molar-refractivity contribution < 1.29 is 4.39 Å². The second-order valence-corrected chi connectivity index (χ2v) is 7.15. The van der Waals surface area contributed by atoms with Gasteiger partial charge in [0.2, 0.25) is 0 Å². The Morgan fingerprint density at radius 3 is 2.42 bits per heavy atom. The van der Waals surface area contributed by atoms with E-state index in [4.69, 9.17) is 11.6 Å². The molecule has 24 heavy (non-hydrogen) atoms. The number of benzene rings is 2. The Bertz CT molecular complexity index is 691. The minimum absolute atomic E-state index is 0.211. The van der Waals surface area contributed by atoms with Crippen LogP contribution >= 0.6 is 11.6 Å². The van der Waals surface area contributed by atoms with Crippen LogP contribution in [0, 0.1) is 11.7 Å². The normalized spacial score (nSPS) is 14.7. The first-order valence-corrected chi connectivity index (χ1v) is 8.58. The Kier molecular flexibility index (Phi) is 6.59. The lowest BCUT2D eigenvalue weighted by Gasteiger charge is -2.28. The monoisotopic (exact) mass is 345 g/mol. The number of rotatable bonds is 6. The maximum atomic E-state index is 13.1. The smallest absolute Gasteiger partial charge is 0.123 e. The highest BCUT2D eigenvalue weighted by Crippen LogP contribution is 2.34. The van der Waals surface area contributed by atoms with Crippen molar-refractivity contribution in [3.8, 4) is 0 Å². The zero-order valence-electron chi connectivity index (χ0n) is 14.8. The molecule has 0 heterocycles. The van der Waals surface area contributed by atoms with Crippen LogP contribution in [-0.4, -0.2) is 25.5 Å². The quantitative estimate of drug-likeness (QED) is 0.633. The number of allylic oxidation sites excluding steroid dienone is 1. The number of halogens is 2. The van der Waals surface area contributed by atoms with Crippen molar-refractivity contribution in [2.24, 2.45) is 5.92 Å². The van der Waals surface area contributed by atoms with Gasteiger partial charge in [-0.05, 0) is 62.3 Å². The van der Waals surface area contributed by atoms with E-state index < -0.39 is 0 Å². The van der Waals surface area contributed by atoms with E-state index in [1.165, 1.54) is 23.3 Å². The van der Waals surface area contributed by atoms with Gasteiger partial charge in [0.25, 0.3) is 0 Å². The molecule has 3 heteroatoms. The second-order valence-electron chi connectivity index (χ2n) is 6.71. The average molecular weight is 346 g/mol. The van der Waals surface area contributed by atoms with E-state index in [0.717, 1.165) is 17.1 Å². The Morgan fingerprint density at radius 2 is 1.83 bits per heavy atom. The largest absolute Gasteiger partial charge is 0.309 e. The van der Waals surface area contributed by atoms with Crippen LogP contribution < -0.4 is 0 Å². The van der Waals surface area contributed by atoms with Crippen LogP contribution in [-0.2, 0) is 0 Å². The molecule has 0 amide bonds. The topological polar surface area (TPSA) is 3.24 Å². The molecule has 2 atom stereocenters. The summed E-state index contributed by atoms with van der Waals surface area (Å²) in [5, 5.41) is 0.754. The van der Waals surface area contributed by atoms with E-state index >= 15 is 0 Å². The summed E-state index contributed by atoms with van der Waals surface area (Å²) in [6.07, 6.45) is 2.14. The third-order valence-electron chi connectivity index (χ3n) is 4.18. The molecule has 2 aromatic carbocycles. The van der Waals surface area contributed by atoms with Crippen molar-refractivity contribution in [2.75, 3.05) is 20.6 Å². The molecule has 0 fully saturated rings. The van der Waals surface area contributed by atoms with Crippen LogP contribution in [0.5, 0.6) is 0 Å². The molecule has 0 N–H and O–H groups in total. The molecule has 2 aromatic rings. The molecule has 2 rings (SSSR count). The van der Waals surface area contributed by atoms with Crippen LogP contribution in [0.25, 0.3) is 6.08 Å². The van der Waals surface area contributed by atoms with Gasteiger partial charge in [-0.3, -0.25) is 0 Å². The van der Waals surface area contributed by atoms with Crippen LogP contribution in [0.2, 0.25) is 5.02 Å². The fourth-order valence-electron chi connectivity index (χ4n) is 3.33. The molecule has 0 spiro atoms. The summed E-state index contributed by atoms with van der Waals surface area (Å²) in [5.41, 5.74) is 3.48. The first-order valence-electron chi connectivity index (χ1n) is 8.20. The summed E-state index contributed by atoms with van der Waals surface area (Å²) in [4.78, 5) is 2.20. The minimum atomic E-state index is -0.211. The summed E-state index contributed by atoms with van der Waals surface area (Å²) in [6.45, 7) is 5.38. The predicted octanol–water partition coefficient (Wildman–Crippen LogP) is 5.86. The standard InChI is InChI=1S/C21H25ClFN/c1-15(12-17-8-10-20(23)11-9-17)21(16(2)14-24(3)4)18-6-5-7-19(22)13-18/h5-13,16,21H,14H2,1-4H3. The van der Waals surface area contributed by atoms with E-state index in [-0.39, 0.29) is 11.7 Å². The molecule has 0 aliphatic rings. The van der Waals surface area contributed by atoms with Crippen LogP contribution in [0.3, 0.4) is 0 Å². The Morgan fingerprint density at radius 1 is 1.17 bits per heavy atom. The molecule has 0 saturated heterocycles. The maximum Gasteiger partial charge on any atom is 0.123 e. The Hall–Kier alpha value is -1.64. The van der Waals surface area contributed by atoms with Gasteiger partial charge in [0, 0.05) is 17.5 Å². The lowest BCUT2D eigenvalue weighted by molar-refractivity contribution is 0.319. The van der Waals surface area contributed by atoms with Crippen LogP contribution in [0.15, 0.2) is 54.1 Å². The zero-order valence-corrected chi connectivity index (χ0v) is 15.5. The first-order chi connectivity index (χ1) is 11.4. The highest BCUT2D eigenvalue weighted by atomic mass is 35.5. The fourth-order valence-corrected chi connectivity index (χ4v) is 3.53. The minimum Gasteiger partial charge on any atom is -0.309 e. The van der Waals surface area contributed by atoms with E-state index in [0.29, 0.717) is 5.92 Å². The predicted molar refractivity (Wildman–Crippen MR) is 102 cm³/mol. The molecule has 2 unspecified atom stereocenters.